The predicted molar refractivity (Wildman–Crippen MR) is 235 cm³/mol. The molecule has 3 N–H and O–H groups in total. The van der Waals surface area contributed by atoms with E-state index in [9.17, 15) is 4.79 Å². The summed E-state index contributed by atoms with van der Waals surface area (Å²) in [6.45, 7) is 9.06. The van der Waals surface area contributed by atoms with Gasteiger partial charge in [0.1, 0.15) is 0 Å². The fourth-order valence-electron chi connectivity index (χ4n) is 7.85. The zero-order valence-electron chi connectivity index (χ0n) is 36.3. The quantitative estimate of drug-likeness (QED) is 0.0612. The van der Waals surface area contributed by atoms with Gasteiger partial charge in [0.2, 0.25) is 5.91 Å². The molecular weight excluding hydrogens is 635 g/mol. The Bertz CT molecular complexity index is 620. The normalized spacial score (nSPS) is 11.6. The number of carbonyl (C=O) groups excluding carboxylic acids is 1. The van der Waals surface area contributed by atoms with E-state index in [0.29, 0.717) is 6.54 Å². The second-order valence-corrected chi connectivity index (χ2v) is 16.8. The first-order valence-corrected chi connectivity index (χ1v) is 24.4. The maximum Gasteiger partial charge on any atom is 0.234 e. The molecule has 0 rings (SSSR count). The number of nitrogens with one attached hydrogen (secondary N) is 1. The first kappa shape index (κ1) is 51.4. The molecule has 0 aliphatic heterocycles. The van der Waals surface area contributed by atoms with E-state index >= 15 is 0 Å². The third-order valence-corrected chi connectivity index (χ3v) is 11.5. The van der Waals surface area contributed by atoms with Crippen LogP contribution in [0.1, 0.15) is 271 Å². The lowest BCUT2D eigenvalue weighted by molar-refractivity contribution is -0.122. The molecule has 312 valence electrons. The third-order valence-electron chi connectivity index (χ3n) is 11.5. The van der Waals surface area contributed by atoms with Crippen molar-refractivity contribution >= 4 is 5.91 Å². The summed E-state index contributed by atoms with van der Waals surface area (Å²) in [5.74, 6) is 0.245. The molecule has 0 aliphatic carbocycles. The summed E-state index contributed by atoms with van der Waals surface area (Å²) in [5, 5.41) is 3.25. The van der Waals surface area contributed by atoms with Crippen molar-refractivity contribution in [2.75, 3.05) is 32.7 Å². The summed E-state index contributed by atoms with van der Waals surface area (Å²) in [6.07, 6.45) is 55.2. The van der Waals surface area contributed by atoms with E-state index in [1.54, 1.807) is 0 Å². The molecule has 0 atom stereocenters. The minimum atomic E-state index is 0.245. The van der Waals surface area contributed by atoms with Gasteiger partial charge in [-0.15, -0.1) is 0 Å². The molecule has 1 amide bonds. The van der Waals surface area contributed by atoms with Crippen molar-refractivity contribution in [1.29, 1.82) is 0 Å². The molecule has 0 radical (unpaired) electrons. The van der Waals surface area contributed by atoms with Gasteiger partial charge in [-0.1, -0.05) is 245 Å². The maximum absolute atomic E-state index is 12.9. The van der Waals surface area contributed by atoms with E-state index in [0.717, 1.165) is 32.6 Å². The second kappa shape index (κ2) is 46.5. The molecule has 0 saturated heterocycles. The number of hydrogen-bond donors (Lipinski definition) is 2. The minimum Gasteiger partial charge on any atom is -0.355 e. The smallest absolute Gasteiger partial charge is 0.234 e. The predicted octanol–water partition coefficient (Wildman–Crippen LogP) is 15.0. The fourth-order valence-corrected chi connectivity index (χ4v) is 7.85. The van der Waals surface area contributed by atoms with E-state index in [2.05, 4.69) is 24.1 Å². The van der Waals surface area contributed by atoms with Gasteiger partial charge in [-0.25, -0.2) is 0 Å². The Morgan fingerprint density at radius 3 is 0.904 bits per heavy atom. The average molecular weight is 734 g/mol. The minimum absolute atomic E-state index is 0.245. The van der Waals surface area contributed by atoms with Crippen molar-refractivity contribution in [3.8, 4) is 0 Å². The number of nitrogens with zero attached hydrogens (tertiary/aromatic N) is 1. The standard InChI is InChI=1S/C48H99N3O/c1-3-5-7-9-11-13-15-17-19-21-23-25-29-33-37-41-45-51(47-48(52)50-44-40-36-32-28-27-31-35-39-43-49)46-42-38-34-30-26-24-22-20-18-16-14-12-10-8-6-4-2/h3-47,49H2,1-2H3,(H,50,52). The van der Waals surface area contributed by atoms with E-state index in [-0.39, 0.29) is 5.91 Å². The van der Waals surface area contributed by atoms with Crippen LogP contribution in [-0.2, 0) is 4.79 Å². The zero-order valence-corrected chi connectivity index (χ0v) is 36.3. The lowest BCUT2D eigenvalue weighted by atomic mass is 10.0. The van der Waals surface area contributed by atoms with Gasteiger partial charge in [0.05, 0.1) is 6.54 Å². The van der Waals surface area contributed by atoms with Crippen LogP contribution in [-0.4, -0.2) is 43.5 Å². The summed E-state index contributed by atoms with van der Waals surface area (Å²) in [5.41, 5.74) is 5.60. The molecule has 4 heteroatoms. The Hall–Kier alpha value is -0.610. The second-order valence-electron chi connectivity index (χ2n) is 16.8. The fraction of sp³-hybridized carbons (Fsp3) is 0.979. The maximum atomic E-state index is 12.9. The SMILES string of the molecule is CCCCCCCCCCCCCCCCCCN(CCCCCCCCCCCCCCCCCC)CC(=O)NCCCCCCCCCCN. The number of rotatable bonds is 46. The number of hydrogen-bond acceptors (Lipinski definition) is 3. The van der Waals surface area contributed by atoms with Crippen LogP contribution in [0.4, 0.5) is 0 Å². The zero-order chi connectivity index (χ0) is 37.7. The highest BCUT2D eigenvalue weighted by atomic mass is 16.2. The highest BCUT2D eigenvalue weighted by Crippen LogP contribution is 2.16. The highest BCUT2D eigenvalue weighted by molar-refractivity contribution is 5.77. The van der Waals surface area contributed by atoms with Gasteiger partial charge in [-0.2, -0.15) is 0 Å². The van der Waals surface area contributed by atoms with Gasteiger partial charge in [0.25, 0.3) is 0 Å². The molecule has 0 unspecified atom stereocenters. The Morgan fingerprint density at radius 2 is 0.615 bits per heavy atom. The van der Waals surface area contributed by atoms with Crippen LogP contribution < -0.4 is 11.1 Å². The van der Waals surface area contributed by atoms with Crippen molar-refractivity contribution in [2.24, 2.45) is 5.73 Å². The Kier molecular flexibility index (Phi) is 46.0. The average Bonchev–Trinajstić information content (AvgIpc) is 3.15. The first-order valence-electron chi connectivity index (χ1n) is 24.4. The van der Waals surface area contributed by atoms with Crippen LogP contribution in [0.25, 0.3) is 0 Å². The van der Waals surface area contributed by atoms with Crippen molar-refractivity contribution < 1.29 is 4.79 Å². The molecule has 0 spiro atoms. The lowest BCUT2D eigenvalue weighted by Gasteiger charge is -2.22. The van der Waals surface area contributed by atoms with Crippen molar-refractivity contribution in [3.05, 3.63) is 0 Å². The third kappa shape index (κ3) is 43.8. The topological polar surface area (TPSA) is 58.4 Å². The molecule has 0 heterocycles. The molecule has 0 aromatic carbocycles. The highest BCUT2D eigenvalue weighted by Gasteiger charge is 2.10. The van der Waals surface area contributed by atoms with Gasteiger partial charge < -0.3 is 11.1 Å². The van der Waals surface area contributed by atoms with Crippen molar-refractivity contribution in [1.82, 2.24) is 10.2 Å². The largest absolute Gasteiger partial charge is 0.355 e. The van der Waals surface area contributed by atoms with Gasteiger partial charge in [-0.05, 0) is 45.3 Å². The van der Waals surface area contributed by atoms with Crippen LogP contribution in [0.2, 0.25) is 0 Å². The summed E-state index contributed by atoms with van der Waals surface area (Å²) < 4.78 is 0. The molecule has 0 aliphatic rings. The van der Waals surface area contributed by atoms with Crippen molar-refractivity contribution in [2.45, 2.75) is 271 Å². The van der Waals surface area contributed by atoms with Gasteiger partial charge in [0, 0.05) is 6.54 Å². The lowest BCUT2D eigenvalue weighted by Crippen LogP contribution is -2.38. The Balaban J connectivity index is 4.04. The Morgan fingerprint density at radius 1 is 0.365 bits per heavy atom. The molecule has 4 nitrogen and oxygen atoms in total. The molecule has 0 aromatic rings. The van der Waals surface area contributed by atoms with Crippen LogP contribution in [0.3, 0.4) is 0 Å². The summed E-state index contributed by atoms with van der Waals surface area (Å²) in [6, 6.07) is 0. The molecule has 0 aromatic heterocycles. The number of nitrogens with two attached hydrogens (primary N) is 1. The van der Waals surface area contributed by atoms with E-state index in [1.165, 1.54) is 250 Å². The van der Waals surface area contributed by atoms with Gasteiger partial charge in [-0.3, -0.25) is 9.69 Å². The molecular formula is C48H99N3O. The first-order chi connectivity index (χ1) is 25.7. The van der Waals surface area contributed by atoms with Gasteiger partial charge >= 0.3 is 0 Å². The Labute approximate surface area is 329 Å². The van der Waals surface area contributed by atoms with Crippen molar-refractivity contribution in [3.63, 3.8) is 0 Å². The summed E-state index contributed by atoms with van der Waals surface area (Å²) in [7, 11) is 0. The molecule has 0 bridgehead atoms. The van der Waals surface area contributed by atoms with Crippen LogP contribution in [0.15, 0.2) is 0 Å². The van der Waals surface area contributed by atoms with Gasteiger partial charge in [0.15, 0.2) is 0 Å². The molecule has 0 saturated carbocycles. The van der Waals surface area contributed by atoms with E-state index < -0.39 is 0 Å². The molecule has 52 heavy (non-hydrogen) atoms. The van der Waals surface area contributed by atoms with Crippen LogP contribution >= 0.6 is 0 Å². The number of carbonyl (C=O) groups is 1. The summed E-state index contributed by atoms with van der Waals surface area (Å²) in [4.78, 5) is 15.3. The van der Waals surface area contributed by atoms with E-state index in [1.807, 2.05) is 0 Å². The van der Waals surface area contributed by atoms with E-state index in [4.69, 9.17) is 5.73 Å². The van der Waals surface area contributed by atoms with Crippen LogP contribution in [0, 0.1) is 0 Å². The van der Waals surface area contributed by atoms with Crippen LogP contribution in [0.5, 0.6) is 0 Å². The monoisotopic (exact) mass is 734 g/mol. The number of unbranched alkanes of at least 4 members (excludes halogenated alkanes) is 37. The summed E-state index contributed by atoms with van der Waals surface area (Å²) >= 11 is 0. The molecule has 0 fully saturated rings. The number of amides is 1.